The van der Waals surface area contributed by atoms with E-state index in [2.05, 4.69) is 4.98 Å². The van der Waals surface area contributed by atoms with Gasteiger partial charge in [-0.25, -0.2) is 9.78 Å². The molecular weight excluding hydrogens is 456 g/mol. The van der Waals surface area contributed by atoms with Crippen LogP contribution in [0.1, 0.15) is 48.6 Å². The molecule has 33 heavy (non-hydrogen) atoms. The molecule has 4 rings (SSSR count). The van der Waals surface area contributed by atoms with Gasteiger partial charge in [0, 0.05) is 33.0 Å². The van der Waals surface area contributed by atoms with E-state index in [9.17, 15) is 9.59 Å². The van der Waals surface area contributed by atoms with Crippen LogP contribution in [0, 0.1) is 20.8 Å². The third-order valence-corrected chi connectivity index (χ3v) is 7.18. The van der Waals surface area contributed by atoms with E-state index in [4.69, 9.17) is 9.15 Å². The number of aromatic nitrogens is 2. The van der Waals surface area contributed by atoms with Crippen molar-refractivity contribution < 1.29 is 18.7 Å². The molecule has 8 heteroatoms. The molecule has 0 saturated heterocycles. The number of ketones is 1. The molecule has 1 aromatic carbocycles. The Hall–Kier alpha value is -3.10. The first-order valence-electron chi connectivity index (χ1n) is 10.4. The second-order valence-corrected chi connectivity index (χ2v) is 9.67. The van der Waals surface area contributed by atoms with Crippen molar-refractivity contribution in [3.63, 3.8) is 0 Å². The maximum Gasteiger partial charge on any atom is 0.339 e. The first kappa shape index (κ1) is 23.1. The SMILES string of the molecule is Cc1nc(CSc2ccccc2C(=O)OCC(=O)c2cc(C)n(Cc3ccco3)c2C)cs1. The van der Waals surface area contributed by atoms with Gasteiger partial charge in [0.25, 0.3) is 0 Å². The molecule has 4 aromatic rings. The Kier molecular flexibility index (Phi) is 7.15. The van der Waals surface area contributed by atoms with Crippen LogP contribution in [0.15, 0.2) is 63.4 Å². The second-order valence-electron chi connectivity index (χ2n) is 7.59. The molecule has 0 atom stereocenters. The number of thiazole rings is 1. The first-order valence-corrected chi connectivity index (χ1v) is 12.3. The van der Waals surface area contributed by atoms with Crippen molar-refractivity contribution in [3.8, 4) is 0 Å². The summed E-state index contributed by atoms with van der Waals surface area (Å²) in [6.07, 6.45) is 1.63. The van der Waals surface area contributed by atoms with E-state index in [1.807, 2.05) is 61.1 Å². The van der Waals surface area contributed by atoms with Crippen LogP contribution in [0.25, 0.3) is 0 Å². The lowest BCUT2D eigenvalue weighted by molar-refractivity contribution is 0.0471. The summed E-state index contributed by atoms with van der Waals surface area (Å²) in [4.78, 5) is 30.9. The number of thioether (sulfide) groups is 1. The zero-order valence-corrected chi connectivity index (χ0v) is 20.3. The Balaban J connectivity index is 1.40. The number of rotatable bonds is 9. The summed E-state index contributed by atoms with van der Waals surface area (Å²) in [5.74, 6) is 0.731. The van der Waals surface area contributed by atoms with Gasteiger partial charge < -0.3 is 13.7 Å². The lowest BCUT2D eigenvalue weighted by atomic mass is 10.1. The minimum absolute atomic E-state index is 0.231. The van der Waals surface area contributed by atoms with E-state index in [1.54, 1.807) is 29.7 Å². The van der Waals surface area contributed by atoms with Crippen molar-refractivity contribution in [1.29, 1.82) is 0 Å². The molecule has 0 aliphatic rings. The van der Waals surface area contributed by atoms with Gasteiger partial charge in [-0.3, -0.25) is 4.79 Å². The van der Waals surface area contributed by atoms with Crippen LogP contribution in [0.5, 0.6) is 0 Å². The van der Waals surface area contributed by atoms with Crippen molar-refractivity contribution >= 4 is 34.9 Å². The zero-order valence-electron chi connectivity index (χ0n) is 18.7. The topological polar surface area (TPSA) is 74.3 Å². The third kappa shape index (κ3) is 5.46. The smallest absolute Gasteiger partial charge is 0.339 e. The third-order valence-electron chi connectivity index (χ3n) is 5.25. The molecule has 0 amide bonds. The molecule has 0 unspecified atom stereocenters. The highest BCUT2D eigenvalue weighted by atomic mass is 32.2. The first-order chi connectivity index (χ1) is 15.9. The Morgan fingerprint density at radius 1 is 1.12 bits per heavy atom. The molecule has 0 spiro atoms. The van der Waals surface area contributed by atoms with E-state index < -0.39 is 5.97 Å². The number of ether oxygens (including phenoxy) is 1. The van der Waals surface area contributed by atoms with Crippen molar-refractivity contribution in [1.82, 2.24) is 9.55 Å². The number of hydrogen-bond acceptors (Lipinski definition) is 7. The number of hydrogen-bond donors (Lipinski definition) is 0. The van der Waals surface area contributed by atoms with Crippen molar-refractivity contribution in [2.24, 2.45) is 0 Å². The summed E-state index contributed by atoms with van der Waals surface area (Å²) in [5.41, 5.74) is 3.74. The van der Waals surface area contributed by atoms with Crippen molar-refractivity contribution in [2.45, 2.75) is 38.0 Å². The van der Waals surface area contributed by atoms with Crippen LogP contribution in [0.3, 0.4) is 0 Å². The van der Waals surface area contributed by atoms with E-state index in [-0.39, 0.29) is 12.4 Å². The molecule has 0 saturated carbocycles. The summed E-state index contributed by atoms with van der Waals surface area (Å²) < 4.78 is 12.8. The summed E-state index contributed by atoms with van der Waals surface area (Å²) >= 11 is 3.13. The van der Waals surface area contributed by atoms with Crippen LogP contribution in [-0.4, -0.2) is 27.9 Å². The number of carbonyl (C=O) groups excluding carboxylic acids is 2. The number of esters is 1. The fourth-order valence-electron chi connectivity index (χ4n) is 3.56. The van der Waals surface area contributed by atoms with E-state index >= 15 is 0 Å². The minimum atomic E-state index is -0.509. The zero-order chi connectivity index (χ0) is 23.4. The van der Waals surface area contributed by atoms with Crippen molar-refractivity contribution in [3.05, 3.63) is 93.1 Å². The van der Waals surface area contributed by atoms with Gasteiger partial charge in [-0.1, -0.05) is 12.1 Å². The van der Waals surface area contributed by atoms with E-state index in [1.165, 1.54) is 11.8 Å². The number of aryl methyl sites for hydroxylation is 2. The summed E-state index contributed by atoms with van der Waals surface area (Å²) in [6.45, 7) is 6.03. The molecule has 0 N–H and O–H groups in total. The molecule has 3 aromatic heterocycles. The molecular formula is C25H24N2O4S2. The summed E-state index contributed by atoms with van der Waals surface area (Å²) in [5, 5.41) is 3.03. The highest BCUT2D eigenvalue weighted by Crippen LogP contribution is 2.27. The normalized spacial score (nSPS) is 11.0. The Labute approximate surface area is 200 Å². The standard InChI is InChI=1S/C25H24N2O4S2/c1-16-11-22(17(2)27(16)12-20-7-6-10-30-20)23(28)13-31-25(29)21-8-4-5-9-24(21)33-15-19-14-32-18(3)26-19/h4-11,14H,12-13,15H2,1-3H3. The van der Waals surface area contributed by atoms with Crippen LogP contribution in [-0.2, 0) is 17.0 Å². The van der Waals surface area contributed by atoms with E-state index in [0.717, 1.165) is 32.7 Å². The van der Waals surface area contributed by atoms with Crippen LogP contribution < -0.4 is 0 Å². The fraction of sp³-hybridized carbons (Fsp3) is 0.240. The fourth-order valence-corrected chi connectivity index (χ4v) is 5.21. The summed E-state index contributed by atoms with van der Waals surface area (Å²) in [7, 11) is 0. The Morgan fingerprint density at radius 2 is 1.94 bits per heavy atom. The predicted octanol–water partition coefficient (Wildman–Crippen LogP) is 5.84. The molecule has 3 heterocycles. The summed E-state index contributed by atoms with van der Waals surface area (Å²) in [6, 6.07) is 12.8. The van der Waals surface area contributed by atoms with Gasteiger partial charge in [-0.05, 0) is 51.1 Å². The molecule has 0 aliphatic carbocycles. The monoisotopic (exact) mass is 480 g/mol. The number of nitrogens with zero attached hydrogens (tertiary/aromatic N) is 2. The van der Waals surface area contributed by atoms with E-state index in [0.29, 0.717) is 23.4 Å². The highest BCUT2D eigenvalue weighted by molar-refractivity contribution is 7.98. The number of furan rings is 1. The van der Waals surface area contributed by atoms with Gasteiger partial charge >= 0.3 is 5.97 Å². The largest absolute Gasteiger partial charge is 0.467 e. The molecule has 0 bridgehead atoms. The molecule has 0 fully saturated rings. The van der Waals surface area contributed by atoms with Crippen LogP contribution in [0.4, 0.5) is 0 Å². The van der Waals surface area contributed by atoms with Gasteiger partial charge in [0.1, 0.15) is 5.76 Å². The molecule has 0 aliphatic heterocycles. The maximum atomic E-state index is 12.8. The Bertz CT molecular complexity index is 1270. The molecule has 170 valence electrons. The molecule has 0 radical (unpaired) electrons. The van der Waals surface area contributed by atoms with Gasteiger partial charge in [-0.2, -0.15) is 0 Å². The van der Waals surface area contributed by atoms with Gasteiger partial charge in [-0.15, -0.1) is 23.1 Å². The lowest BCUT2D eigenvalue weighted by Crippen LogP contribution is -2.15. The highest BCUT2D eigenvalue weighted by Gasteiger charge is 2.20. The number of Topliss-reactive ketones (excluding diaryl/α,β-unsaturated/α-hetero) is 1. The maximum absolute atomic E-state index is 12.8. The number of benzene rings is 1. The predicted molar refractivity (Wildman–Crippen MR) is 129 cm³/mol. The average molecular weight is 481 g/mol. The average Bonchev–Trinajstić information content (AvgIpc) is 3.54. The van der Waals surface area contributed by atoms with Gasteiger partial charge in [0.15, 0.2) is 6.61 Å². The van der Waals surface area contributed by atoms with Crippen LogP contribution >= 0.6 is 23.1 Å². The quantitative estimate of drug-likeness (QED) is 0.170. The number of carbonyl (C=O) groups is 2. The lowest BCUT2D eigenvalue weighted by Gasteiger charge is -2.09. The van der Waals surface area contributed by atoms with Gasteiger partial charge in [0.05, 0.1) is 29.1 Å². The minimum Gasteiger partial charge on any atom is -0.467 e. The second kappa shape index (κ2) is 10.2. The Morgan fingerprint density at radius 3 is 2.67 bits per heavy atom. The van der Waals surface area contributed by atoms with Gasteiger partial charge in [0.2, 0.25) is 5.78 Å². The molecule has 6 nitrogen and oxygen atoms in total. The van der Waals surface area contributed by atoms with Crippen LogP contribution in [0.2, 0.25) is 0 Å². The van der Waals surface area contributed by atoms with Crippen molar-refractivity contribution in [2.75, 3.05) is 6.61 Å².